The highest BCUT2D eigenvalue weighted by Crippen LogP contribution is 2.58. The summed E-state index contributed by atoms with van der Waals surface area (Å²) >= 11 is 1.63. The van der Waals surface area contributed by atoms with Crippen LogP contribution in [0.15, 0.2) is 41.8 Å². The maximum Gasteiger partial charge on any atom is 0.321 e. The van der Waals surface area contributed by atoms with Crippen molar-refractivity contribution in [1.29, 1.82) is 0 Å². The van der Waals surface area contributed by atoms with Crippen molar-refractivity contribution >= 4 is 29.0 Å². The molecule has 26 heavy (non-hydrogen) atoms. The Kier molecular flexibility index (Phi) is 4.40. The number of carbonyl (C=O) groups is 2. The summed E-state index contributed by atoms with van der Waals surface area (Å²) in [4.78, 5) is 27.7. The van der Waals surface area contributed by atoms with E-state index < -0.39 is 0 Å². The van der Waals surface area contributed by atoms with Crippen LogP contribution in [0.4, 0.5) is 14.9 Å². The summed E-state index contributed by atoms with van der Waals surface area (Å²) in [5.41, 5.74) is 0.498. The summed E-state index contributed by atoms with van der Waals surface area (Å²) in [6, 6.07) is 9.49. The molecule has 1 aliphatic heterocycles. The molecule has 2 N–H and O–H groups in total. The van der Waals surface area contributed by atoms with Gasteiger partial charge in [-0.25, -0.2) is 9.18 Å². The maximum atomic E-state index is 12.9. The molecule has 0 radical (unpaired) electrons. The van der Waals surface area contributed by atoms with Crippen molar-refractivity contribution < 1.29 is 14.0 Å². The Labute approximate surface area is 155 Å². The molecule has 1 aromatic heterocycles. The van der Waals surface area contributed by atoms with Crippen molar-refractivity contribution in [3.8, 4) is 0 Å². The van der Waals surface area contributed by atoms with E-state index in [4.69, 9.17) is 0 Å². The average molecular weight is 373 g/mol. The van der Waals surface area contributed by atoms with Crippen LogP contribution in [0.25, 0.3) is 0 Å². The van der Waals surface area contributed by atoms with Gasteiger partial charge in [-0.1, -0.05) is 6.07 Å². The molecule has 1 aliphatic carbocycles. The maximum absolute atomic E-state index is 12.9. The Morgan fingerprint density at radius 2 is 2.08 bits per heavy atom. The van der Waals surface area contributed by atoms with E-state index in [0.29, 0.717) is 25.3 Å². The minimum atomic E-state index is -0.336. The lowest BCUT2D eigenvalue weighted by atomic mass is 10.0. The lowest BCUT2D eigenvalue weighted by molar-refractivity contribution is -0.123. The molecular formula is C19H20FN3O2S. The number of benzene rings is 1. The summed E-state index contributed by atoms with van der Waals surface area (Å²) in [6.45, 7) is 1.80. The predicted octanol–water partition coefficient (Wildman–Crippen LogP) is 3.45. The minimum absolute atomic E-state index is 0.00826. The lowest BCUT2D eigenvalue weighted by Crippen LogP contribution is -2.34. The number of nitrogens with zero attached hydrogens (tertiary/aromatic N) is 1. The highest BCUT2D eigenvalue weighted by Gasteiger charge is 2.61. The van der Waals surface area contributed by atoms with Gasteiger partial charge in [0.1, 0.15) is 5.82 Å². The molecule has 1 aromatic carbocycles. The summed E-state index contributed by atoms with van der Waals surface area (Å²) < 4.78 is 12.9. The van der Waals surface area contributed by atoms with E-state index >= 15 is 0 Å². The fourth-order valence-electron chi connectivity index (χ4n) is 3.68. The van der Waals surface area contributed by atoms with Gasteiger partial charge in [-0.2, -0.15) is 0 Å². The van der Waals surface area contributed by atoms with Crippen molar-refractivity contribution in [2.24, 2.45) is 11.3 Å². The van der Waals surface area contributed by atoms with Gasteiger partial charge in [-0.15, -0.1) is 11.3 Å². The van der Waals surface area contributed by atoms with Crippen molar-refractivity contribution in [2.45, 2.75) is 19.4 Å². The molecule has 2 atom stereocenters. The van der Waals surface area contributed by atoms with Crippen molar-refractivity contribution in [3.63, 3.8) is 0 Å². The van der Waals surface area contributed by atoms with E-state index in [9.17, 15) is 14.0 Å². The highest BCUT2D eigenvalue weighted by molar-refractivity contribution is 7.09. The molecule has 1 saturated heterocycles. The Hall–Kier alpha value is -2.41. The smallest absolute Gasteiger partial charge is 0.321 e. The number of rotatable bonds is 4. The first-order valence-electron chi connectivity index (χ1n) is 8.67. The largest absolute Gasteiger partial charge is 0.351 e. The molecular weight excluding hydrogens is 353 g/mol. The number of likely N-dealkylation sites (tertiary alicyclic amines) is 1. The summed E-state index contributed by atoms with van der Waals surface area (Å²) in [5, 5.41) is 7.78. The summed E-state index contributed by atoms with van der Waals surface area (Å²) in [5.74, 6) is -0.261. The van der Waals surface area contributed by atoms with Crippen molar-refractivity contribution in [3.05, 3.63) is 52.5 Å². The average Bonchev–Trinajstić information content (AvgIpc) is 2.99. The molecule has 2 aromatic rings. The third kappa shape index (κ3) is 3.44. The molecule has 2 fully saturated rings. The third-order valence-electron chi connectivity index (χ3n) is 5.29. The molecule has 7 heteroatoms. The number of anilines is 1. The normalized spacial score (nSPS) is 23.9. The second kappa shape index (κ2) is 6.72. The van der Waals surface area contributed by atoms with Gasteiger partial charge < -0.3 is 15.5 Å². The first-order valence-corrected chi connectivity index (χ1v) is 9.55. The van der Waals surface area contributed by atoms with Gasteiger partial charge in [-0.3, -0.25) is 4.79 Å². The molecule has 2 unspecified atom stereocenters. The number of nitrogens with one attached hydrogen (secondary N) is 2. The zero-order valence-corrected chi connectivity index (χ0v) is 15.0. The van der Waals surface area contributed by atoms with Crippen LogP contribution < -0.4 is 10.6 Å². The molecule has 136 valence electrons. The minimum Gasteiger partial charge on any atom is -0.351 e. The van der Waals surface area contributed by atoms with Crippen LogP contribution in [0.2, 0.25) is 0 Å². The first-order chi connectivity index (χ1) is 12.6. The fourth-order valence-corrected chi connectivity index (χ4v) is 4.33. The molecule has 1 saturated carbocycles. The molecule has 4 rings (SSSR count). The monoisotopic (exact) mass is 373 g/mol. The van der Waals surface area contributed by atoms with E-state index in [1.807, 2.05) is 17.5 Å². The molecule has 3 amide bonds. The molecule has 2 aliphatic rings. The van der Waals surface area contributed by atoms with Gasteiger partial charge in [0, 0.05) is 35.0 Å². The van der Waals surface area contributed by atoms with Crippen LogP contribution in [0.5, 0.6) is 0 Å². The van der Waals surface area contributed by atoms with Crippen LogP contribution in [0, 0.1) is 17.2 Å². The molecule has 1 spiro atoms. The predicted molar refractivity (Wildman–Crippen MR) is 98.3 cm³/mol. The Bertz CT molecular complexity index is 809. The topological polar surface area (TPSA) is 61.4 Å². The zero-order valence-electron chi connectivity index (χ0n) is 14.2. The second-order valence-electron chi connectivity index (χ2n) is 7.02. The molecule has 0 bridgehead atoms. The van der Waals surface area contributed by atoms with E-state index in [1.54, 1.807) is 16.2 Å². The van der Waals surface area contributed by atoms with E-state index in [0.717, 1.165) is 17.7 Å². The molecule has 2 heterocycles. The highest BCUT2D eigenvalue weighted by atomic mass is 32.1. The molecule has 5 nitrogen and oxygen atoms in total. The van der Waals surface area contributed by atoms with Crippen LogP contribution in [0.3, 0.4) is 0 Å². The van der Waals surface area contributed by atoms with Crippen LogP contribution in [-0.4, -0.2) is 29.9 Å². The number of halogens is 1. The number of hydrogen-bond donors (Lipinski definition) is 2. The van der Waals surface area contributed by atoms with Crippen LogP contribution >= 0.6 is 11.3 Å². The number of amides is 3. The van der Waals surface area contributed by atoms with Gasteiger partial charge in [0.15, 0.2) is 0 Å². The zero-order chi connectivity index (χ0) is 18.1. The number of thiophene rings is 1. The van der Waals surface area contributed by atoms with Gasteiger partial charge in [0.05, 0.1) is 6.54 Å². The second-order valence-corrected chi connectivity index (χ2v) is 8.06. The first kappa shape index (κ1) is 17.0. The van der Waals surface area contributed by atoms with Crippen LogP contribution in [0.1, 0.15) is 17.7 Å². The third-order valence-corrected chi connectivity index (χ3v) is 6.17. The van der Waals surface area contributed by atoms with E-state index in [-0.39, 0.29) is 29.1 Å². The van der Waals surface area contributed by atoms with Gasteiger partial charge in [0.25, 0.3) is 0 Å². The van der Waals surface area contributed by atoms with Crippen molar-refractivity contribution in [2.75, 3.05) is 18.4 Å². The standard InChI is InChI=1S/C19H20FN3O2S/c20-13-3-5-14(6-4-13)22-18(25)23-8-7-19(12-23)10-16(19)17(24)21-11-15-2-1-9-26-15/h1-6,9,16H,7-8,10-12H2,(H,21,24)(H,22,25). The number of carbonyl (C=O) groups excluding carboxylic acids is 2. The Morgan fingerprint density at radius 3 is 2.81 bits per heavy atom. The van der Waals surface area contributed by atoms with E-state index in [2.05, 4.69) is 10.6 Å². The van der Waals surface area contributed by atoms with Gasteiger partial charge in [0.2, 0.25) is 5.91 Å². The van der Waals surface area contributed by atoms with Gasteiger partial charge in [-0.05, 0) is 48.6 Å². The Morgan fingerprint density at radius 1 is 1.27 bits per heavy atom. The fraction of sp³-hybridized carbons (Fsp3) is 0.368. The number of urea groups is 1. The summed E-state index contributed by atoms with van der Waals surface area (Å²) in [7, 11) is 0. The summed E-state index contributed by atoms with van der Waals surface area (Å²) in [6.07, 6.45) is 1.69. The van der Waals surface area contributed by atoms with Crippen LogP contribution in [-0.2, 0) is 11.3 Å². The Balaban J connectivity index is 1.29. The quantitative estimate of drug-likeness (QED) is 0.862. The number of hydrogen-bond acceptors (Lipinski definition) is 3. The lowest BCUT2D eigenvalue weighted by Gasteiger charge is -2.17. The van der Waals surface area contributed by atoms with Gasteiger partial charge >= 0.3 is 6.03 Å². The SMILES string of the molecule is O=C(NCc1cccs1)C1CC12CCN(C(=O)Nc1ccc(F)cc1)C2. The van der Waals surface area contributed by atoms with E-state index in [1.165, 1.54) is 24.3 Å². The van der Waals surface area contributed by atoms with Crippen molar-refractivity contribution in [1.82, 2.24) is 10.2 Å².